The van der Waals surface area contributed by atoms with Crippen molar-refractivity contribution < 1.29 is 4.74 Å². The quantitative estimate of drug-likeness (QED) is 0.870. The third-order valence-electron chi connectivity index (χ3n) is 3.52. The molecule has 2 rings (SSSR count). The number of hydrogen-bond acceptors (Lipinski definition) is 5. The van der Waals surface area contributed by atoms with Crippen LogP contribution in [0.2, 0.25) is 0 Å². The highest BCUT2D eigenvalue weighted by atomic mass is 79.9. The van der Waals surface area contributed by atoms with Crippen molar-refractivity contribution in [1.29, 1.82) is 0 Å². The number of halogens is 1. The van der Waals surface area contributed by atoms with Crippen LogP contribution in [0, 0.1) is 0 Å². The standard InChI is InChI=1S/C12H22BrN5O/c1-4-5-18-6-7-19-9(8-18)10(14-2)11-12(13)15-16-17(11)3/h9-10,14H,4-8H2,1-3H3. The van der Waals surface area contributed by atoms with Crippen LogP contribution in [-0.4, -0.2) is 59.3 Å². The van der Waals surface area contributed by atoms with Crippen LogP contribution in [-0.2, 0) is 11.8 Å². The summed E-state index contributed by atoms with van der Waals surface area (Å²) in [6, 6.07) is 0.0917. The van der Waals surface area contributed by atoms with E-state index in [1.54, 1.807) is 4.68 Å². The average Bonchev–Trinajstić information content (AvgIpc) is 2.73. The fourth-order valence-corrected chi connectivity index (χ4v) is 3.19. The Labute approximate surface area is 122 Å². The van der Waals surface area contributed by atoms with Gasteiger partial charge in [-0.2, -0.15) is 0 Å². The molecule has 1 aromatic rings. The van der Waals surface area contributed by atoms with Crippen molar-refractivity contribution in [2.24, 2.45) is 7.05 Å². The van der Waals surface area contributed by atoms with Gasteiger partial charge in [-0.3, -0.25) is 4.90 Å². The molecule has 108 valence electrons. The predicted octanol–water partition coefficient (Wildman–Crippen LogP) is 0.949. The van der Waals surface area contributed by atoms with Crippen LogP contribution in [0.3, 0.4) is 0 Å². The highest BCUT2D eigenvalue weighted by Crippen LogP contribution is 2.26. The minimum Gasteiger partial charge on any atom is -0.374 e. The normalized spacial score (nSPS) is 22.6. The van der Waals surface area contributed by atoms with Crippen molar-refractivity contribution >= 4 is 15.9 Å². The fourth-order valence-electron chi connectivity index (χ4n) is 2.62. The van der Waals surface area contributed by atoms with Crippen LogP contribution in [0.4, 0.5) is 0 Å². The molecule has 0 aromatic carbocycles. The van der Waals surface area contributed by atoms with Gasteiger partial charge >= 0.3 is 0 Å². The van der Waals surface area contributed by atoms with Gasteiger partial charge in [0, 0.05) is 20.1 Å². The number of nitrogens with zero attached hydrogens (tertiary/aromatic N) is 4. The minimum atomic E-state index is 0.0917. The van der Waals surface area contributed by atoms with Gasteiger partial charge in [0.2, 0.25) is 0 Å². The number of aromatic nitrogens is 3. The maximum Gasteiger partial charge on any atom is 0.153 e. The molecule has 1 saturated heterocycles. The Bertz CT molecular complexity index is 389. The Hall–Kier alpha value is -0.500. The first-order valence-corrected chi connectivity index (χ1v) is 7.53. The van der Waals surface area contributed by atoms with E-state index in [1.807, 2.05) is 14.1 Å². The van der Waals surface area contributed by atoms with Crippen LogP contribution in [0.1, 0.15) is 25.1 Å². The molecule has 0 spiro atoms. The molecule has 0 amide bonds. The van der Waals surface area contributed by atoms with Gasteiger partial charge in [-0.05, 0) is 35.9 Å². The van der Waals surface area contributed by atoms with Gasteiger partial charge in [-0.15, -0.1) is 5.10 Å². The Morgan fingerprint density at radius 2 is 2.37 bits per heavy atom. The maximum absolute atomic E-state index is 5.95. The van der Waals surface area contributed by atoms with Crippen LogP contribution in [0.15, 0.2) is 4.60 Å². The Kier molecular flexibility index (Phi) is 5.32. The summed E-state index contributed by atoms with van der Waals surface area (Å²) in [5.74, 6) is 0. The van der Waals surface area contributed by atoms with Crippen molar-refractivity contribution in [2.75, 3.05) is 33.3 Å². The minimum absolute atomic E-state index is 0.0917. The van der Waals surface area contributed by atoms with E-state index in [0.29, 0.717) is 0 Å². The van der Waals surface area contributed by atoms with Gasteiger partial charge in [-0.25, -0.2) is 4.68 Å². The Balaban J connectivity index is 2.13. The van der Waals surface area contributed by atoms with Gasteiger partial charge in [0.05, 0.1) is 24.4 Å². The zero-order chi connectivity index (χ0) is 13.8. The molecule has 1 fully saturated rings. The molecular weight excluding hydrogens is 310 g/mol. The van der Waals surface area contributed by atoms with Gasteiger partial charge in [0.15, 0.2) is 4.60 Å². The molecule has 19 heavy (non-hydrogen) atoms. The zero-order valence-corrected chi connectivity index (χ0v) is 13.4. The number of morpholine rings is 1. The molecule has 1 aromatic heterocycles. The second-order valence-electron chi connectivity index (χ2n) is 4.87. The summed E-state index contributed by atoms with van der Waals surface area (Å²) in [6.45, 7) is 6.08. The van der Waals surface area contributed by atoms with E-state index in [-0.39, 0.29) is 12.1 Å². The number of aryl methyl sites for hydroxylation is 1. The molecule has 6 nitrogen and oxygen atoms in total. The number of rotatable bonds is 5. The Morgan fingerprint density at radius 3 is 2.95 bits per heavy atom. The second kappa shape index (κ2) is 6.78. The lowest BCUT2D eigenvalue weighted by molar-refractivity contribution is -0.0472. The van der Waals surface area contributed by atoms with Gasteiger partial charge in [-0.1, -0.05) is 12.1 Å². The highest BCUT2D eigenvalue weighted by molar-refractivity contribution is 9.10. The molecular formula is C12H22BrN5O. The zero-order valence-electron chi connectivity index (χ0n) is 11.8. The first kappa shape index (κ1) is 14.9. The molecule has 1 N–H and O–H groups in total. The lowest BCUT2D eigenvalue weighted by Gasteiger charge is -2.36. The summed E-state index contributed by atoms with van der Waals surface area (Å²) in [7, 11) is 3.86. The van der Waals surface area contributed by atoms with Gasteiger partial charge in [0.1, 0.15) is 0 Å². The van der Waals surface area contributed by atoms with E-state index in [9.17, 15) is 0 Å². The topological polar surface area (TPSA) is 55.2 Å². The number of nitrogens with one attached hydrogen (secondary N) is 1. The van der Waals surface area contributed by atoms with E-state index >= 15 is 0 Å². The molecule has 2 unspecified atom stereocenters. The van der Waals surface area contributed by atoms with E-state index in [2.05, 4.69) is 43.4 Å². The van der Waals surface area contributed by atoms with E-state index < -0.39 is 0 Å². The smallest absolute Gasteiger partial charge is 0.153 e. The van der Waals surface area contributed by atoms with Crippen LogP contribution in [0.5, 0.6) is 0 Å². The van der Waals surface area contributed by atoms with Crippen molar-refractivity contribution in [3.05, 3.63) is 10.3 Å². The monoisotopic (exact) mass is 331 g/mol. The van der Waals surface area contributed by atoms with Crippen LogP contribution in [0.25, 0.3) is 0 Å². The molecule has 1 aliphatic rings. The SMILES string of the molecule is CCCN1CCOC(C(NC)c2c(Br)nnn2C)C1. The number of hydrogen-bond donors (Lipinski definition) is 1. The third kappa shape index (κ3) is 3.34. The second-order valence-corrected chi connectivity index (χ2v) is 5.62. The van der Waals surface area contributed by atoms with Gasteiger partial charge in [0.25, 0.3) is 0 Å². The van der Waals surface area contributed by atoms with Crippen molar-refractivity contribution in [3.8, 4) is 0 Å². The maximum atomic E-state index is 5.95. The van der Waals surface area contributed by atoms with Gasteiger partial charge < -0.3 is 10.1 Å². The lowest BCUT2D eigenvalue weighted by Crippen LogP contribution is -2.48. The first-order valence-electron chi connectivity index (χ1n) is 6.73. The summed E-state index contributed by atoms with van der Waals surface area (Å²) in [5, 5.41) is 11.4. The number of ether oxygens (including phenoxy) is 1. The summed E-state index contributed by atoms with van der Waals surface area (Å²) < 4.78 is 8.53. The van der Waals surface area contributed by atoms with E-state index in [0.717, 1.165) is 36.5 Å². The third-order valence-corrected chi connectivity index (χ3v) is 4.09. The summed E-state index contributed by atoms with van der Waals surface area (Å²) in [6.07, 6.45) is 1.30. The summed E-state index contributed by atoms with van der Waals surface area (Å²) in [4.78, 5) is 2.45. The largest absolute Gasteiger partial charge is 0.374 e. The molecule has 0 saturated carbocycles. The predicted molar refractivity (Wildman–Crippen MR) is 77.0 cm³/mol. The Morgan fingerprint density at radius 1 is 1.58 bits per heavy atom. The molecule has 2 atom stereocenters. The molecule has 1 aliphatic heterocycles. The van der Waals surface area contributed by atoms with Crippen molar-refractivity contribution in [3.63, 3.8) is 0 Å². The van der Waals surface area contributed by atoms with Crippen molar-refractivity contribution in [1.82, 2.24) is 25.2 Å². The van der Waals surface area contributed by atoms with Crippen LogP contribution < -0.4 is 5.32 Å². The molecule has 2 heterocycles. The molecule has 7 heteroatoms. The van der Waals surface area contributed by atoms with Crippen LogP contribution >= 0.6 is 15.9 Å². The fraction of sp³-hybridized carbons (Fsp3) is 0.833. The van der Waals surface area contributed by atoms with E-state index in [1.165, 1.54) is 6.42 Å². The average molecular weight is 332 g/mol. The summed E-state index contributed by atoms with van der Waals surface area (Å²) >= 11 is 3.47. The summed E-state index contributed by atoms with van der Waals surface area (Å²) in [5.41, 5.74) is 1.03. The number of likely N-dealkylation sites (N-methyl/N-ethyl adjacent to an activating group) is 1. The lowest BCUT2D eigenvalue weighted by atomic mass is 10.1. The molecule has 0 aliphatic carbocycles. The highest BCUT2D eigenvalue weighted by Gasteiger charge is 2.31. The van der Waals surface area contributed by atoms with Crippen molar-refractivity contribution in [2.45, 2.75) is 25.5 Å². The van der Waals surface area contributed by atoms with E-state index in [4.69, 9.17) is 4.74 Å². The first-order chi connectivity index (χ1) is 9.17. The molecule has 0 bridgehead atoms. The molecule has 0 radical (unpaired) electrons.